The summed E-state index contributed by atoms with van der Waals surface area (Å²) >= 11 is 0. The third-order valence-corrected chi connectivity index (χ3v) is 6.03. The maximum atomic E-state index is 8.77. The van der Waals surface area contributed by atoms with Gasteiger partial charge in [0.15, 0.2) is 11.0 Å². The van der Waals surface area contributed by atoms with Crippen molar-refractivity contribution in [2.24, 2.45) is 14.1 Å². The molecule has 0 amide bonds. The minimum atomic E-state index is 0. The lowest BCUT2D eigenvalue weighted by Crippen LogP contribution is -3.00. The Kier molecular flexibility index (Phi) is 7.17. The Morgan fingerprint density at radius 2 is 1.39 bits per heavy atom. The number of nitrogens with zero attached hydrogens (tertiary/aromatic N) is 2. The summed E-state index contributed by atoms with van der Waals surface area (Å²) in [7, 11) is 4.28. The molecule has 170 valence electrons. The van der Waals surface area contributed by atoms with Gasteiger partial charge in [0, 0.05) is 10.8 Å². The molecule has 5 nitrogen and oxygen atoms in total. The molecule has 0 spiro atoms. The number of fused-ring (bicyclic) bond motifs is 6. The molecule has 0 fully saturated rings. The van der Waals surface area contributed by atoms with Gasteiger partial charge in [0.25, 0.3) is 5.82 Å². The van der Waals surface area contributed by atoms with Crippen molar-refractivity contribution in [2.75, 3.05) is 26.4 Å². The number of aliphatic hydroxyl groups excluding tert-OH is 1. The maximum absolute atomic E-state index is 8.77. The molecule has 5 aromatic rings. The largest absolute Gasteiger partial charge is 1.00 e. The quantitative estimate of drug-likeness (QED) is 0.143. The molecule has 1 N–H and O–H groups in total. The van der Waals surface area contributed by atoms with E-state index in [1.165, 1.54) is 32.6 Å². The SMILES string of the molecule is Cn1c(-c2ccc(OCCOCCO)cc2)[n+](C)c2c3ccccc3c3ccccc3c21.[I-]. The van der Waals surface area contributed by atoms with Gasteiger partial charge in [0.2, 0.25) is 0 Å². The molecule has 0 aliphatic carbocycles. The highest BCUT2D eigenvalue weighted by molar-refractivity contribution is 6.22. The molecule has 0 radical (unpaired) electrons. The number of rotatable bonds is 7. The Labute approximate surface area is 210 Å². The maximum Gasteiger partial charge on any atom is 0.289 e. The molecule has 0 saturated heterocycles. The van der Waals surface area contributed by atoms with Crippen LogP contribution in [0.25, 0.3) is 44.0 Å². The molecule has 0 atom stereocenters. The molecule has 1 heterocycles. The minimum absolute atomic E-state index is 0. The number of aryl methyl sites for hydroxylation is 2. The van der Waals surface area contributed by atoms with Crippen molar-refractivity contribution >= 4 is 32.6 Å². The van der Waals surface area contributed by atoms with E-state index in [0.29, 0.717) is 19.8 Å². The molecule has 0 unspecified atom stereocenters. The fraction of sp³-hybridized carbons (Fsp3) is 0.222. The van der Waals surface area contributed by atoms with Crippen LogP contribution in [0.3, 0.4) is 0 Å². The number of aliphatic hydroxyl groups is 1. The zero-order valence-electron chi connectivity index (χ0n) is 18.8. The van der Waals surface area contributed by atoms with Crippen LogP contribution in [-0.2, 0) is 18.8 Å². The van der Waals surface area contributed by atoms with Crippen LogP contribution in [0.4, 0.5) is 0 Å². The van der Waals surface area contributed by atoms with E-state index in [0.717, 1.165) is 17.1 Å². The van der Waals surface area contributed by atoms with E-state index < -0.39 is 0 Å². The predicted octanol–water partition coefficient (Wildman–Crippen LogP) is 1.37. The third kappa shape index (κ3) is 4.18. The van der Waals surface area contributed by atoms with Gasteiger partial charge in [0.05, 0.1) is 39.5 Å². The van der Waals surface area contributed by atoms with Crippen LogP contribution in [0, 0.1) is 0 Å². The summed E-state index contributed by atoms with van der Waals surface area (Å²) in [5.74, 6) is 1.94. The number of hydrogen-bond donors (Lipinski definition) is 1. The van der Waals surface area contributed by atoms with Crippen molar-refractivity contribution in [3.8, 4) is 17.1 Å². The van der Waals surface area contributed by atoms with Crippen LogP contribution in [0.2, 0.25) is 0 Å². The highest BCUT2D eigenvalue weighted by Crippen LogP contribution is 2.35. The van der Waals surface area contributed by atoms with Crippen LogP contribution in [0.15, 0.2) is 72.8 Å². The van der Waals surface area contributed by atoms with Crippen LogP contribution < -0.4 is 33.3 Å². The average molecular weight is 554 g/mol. The van der Waals surface area contributed by atoms with Crippen molar-refractivity contribution in [2.45, 2.75) is 0 Å². The molecule has 6 heteroatoms. The molecule has 0 bridgehead atoms. The van der Waals surface area contributed by atoms with E-state index in [4.69, 9.17) is 14.6 Å². The summed E-state index contributed by atoms with van der Waals surface area (Å²) in [6, 6.07) is 25.5. The second kappa shape index (κ2) is 10.1. The highest BCUT2D eigenvalue weighted by Gasteiger charge is 2.26. The molecule has 1 aromatic heterocycles. The van der Waals surface area contributed by atoms with Gasteiger partial charge < -0.3 is 38.6 Å². The number of aromatic nitrogens is 2. The van der Waals surface area contributed by atoms with E-state index in [-0.39, 0.29) is 30.6 Å². The molecular weight excluding hydrogens is 527 g/mol. The van der Waals surface area contributed by atoms with Gasteiger partial charge in [-0.1, -0.05) is 36.4 Å². The van der Waals surface area contributed by atoms with Crippen molar-refractivity contribution < 1.29 is 43.1 Å². The smallest absolute Gasteiger partial charge is 0.289 e. The third-order valence-electron chi connectivity index (χ3n) is 6.03. The Morgan fingerprint density at radius 1 is 0.788 bits per heavy atom. The molecule has 0 aliphatic heterocycles. The first kappa shape index (κ1) is 23.5. The summed E-state index contributed by atoms with van der Waals surface area (Å²) in [5, 5.41) is 13.8. The van der Waals surface area contributed by atoms with E-state index in [1.807, 2.05) is 12.1 Å². The average Bonchev–Trinajstić information content (AvgIpc) is 3.10. The lowest BCUT2D eigenvalue weighted by atomic mass is 10.00. The zero-order chi connectivity index (χ0) is 22.1. The van der Waals surface area contributed by atoms with Crippen LogP contribution in [-0.4, -0.2) is 36.1 Å². The standard InChI is InChI=1S/C27H27N2O3.HI/c1-28-25-23-9-5-3-7-21(23)22-8-4-6-10-24(22)26(25)29(2)27(28)19-11-13-20(14-12-19)32-18-17-31-16-15-30;/h3-14,30H,15-18H2,1-2H3;1H/q+1;/p-1. The summed E-state index contributed by atoms with van der Waals surface area (Å²) in [4.78, 5) is 0. The topological polar surface area (TPSA) is 47.5 Å². The summed E-state index contributed by atoms with van der Waals surface area (Å²) in [6.07, 6.45) is 0. The monoisotopic (exact) mass is 554 g/mol. The molecule has 0 aliphatic rings. The van der Waals surface area contributed by atoms with Crippen molar-refractivity contribution in [1.29, 1.82) is 0 Å². The lowest BCUT2D eigenvalue weighted by Gasteiger charge is -2.07. The predicted molar refractivity (Wildman–Crippen MR) is 128 cm³/mol. The van der Waals surface area contributed by atoms with Gasteiger partial charge >= 0.3 is 0 Å². The van der Waals surface area contributed by atoms with Gasteiger partial charge in [0.1, 0.15) is 12.4 Å². The van der Waals surface area contributed by atoms with Crippen molar-refractivity contribution in [3.63, 3.8) is 0 Å². The number of halogens is 1. The van der Waals surface area contributed by atoms with E-state index >= 15 is 0 Å². The van der Waals surface area contributed by atoms with E-state index in [2.05, 4.69) is 83.9 Å². The van der Waals surface area contributed by atoms with Crippen LogP contribution >= 0.6 is 0 Å². The Hall–Kier alpha value is -2.68. The van der Waals surface area contributed by atoms with Gasteiger partial charge in [-0.15, -0.1) is 0 Å². The Morgan fingerprint density at radius 3 is 2.06 bits per heavy atom. The summed E-state index contributed by atoms with van der Waals surface area (Å²) in [5.41, 5.74) is 3.60. The number of imidazole rings is 1. The first-order chi connectivity index (χ1) is 15.7. The molecule has 0 saturated carbocycles. The number of hydrogen-bond acceptors (Lipinski definition) is 3. The Bertz CT molecular complexity index is 1330. The molecule has 33 heavy (non-hydrogen) atoms. The number of ether oxygens (including phenoxy) is 2. The van der Waals surface area contributed by atoms with E-state index in [9.17, 15) is 0 Å². The molecular formula is C27H27IN2O3. The van der Waals surface area contributed by atoms with Gasteiger partial charge in [-0.2, -0.15) is 0 Å². The zero-order valence-corrected chi connectivity index (χ0v) is 21.0. The lowest BCUT2D eigenvalue weighted by molar-refractivity contribution is -0.633. The fourth-order valence-electron chi connectivity index (χ4n) is 4.69. The fourth-order valence-corrected chi connectivity index (χ4v) is 4.69. The second-order valence-corrected chi connectivity index (χ2v) is 7.94. The first-order valence-electron chi connectivity index (χ1n) is 10.9. The van der Waals surface area contributed by atoms with Gasteiger partial charge in [-0.05, 0) is 47.2 Å². The van der Waals surface area contributed by atoms with Gasteiger partial charge in [-0.25, -0.2) is 9.13 Å². The second-order valence-electron chi connectivity index (χ2n) is 7.94. The van der Waals surface area contributed by atoms with Crippen LogP contribution in [0.5, 0.6) is 5.75 Å². The van der Waals surface area contributed by atoms with E-state index in [1.54, 1.807) is 0 Å². The highest BCUT2D eigenvalue weighted by atomic mass is 127. The van der Waals surface area contributed by atoms with Crippen molar-refractivity contribution in [1.82, 2.24) is 4.57 Å². The van der Waals surface area contributed by atoms with Crippen LogP contribution in [0.1, 0.15) is 0 Å². The number of benzene rings is 4. The Balaban J connectivity index is 0.00000259. The molecule has 4 aromatic carbocycles. The minimum Gasteiger partial charge on any atom is -1.00 e. The van der Waals surface area contributed by atoms with Gasteiger partial charge in [-0.3, -0.25) is 0 Å². The normalized spacial score (nSPS) is 11.2. The first-order valence-corrected chi connectivity index (χ1v) is 10.9. The van der Waals surface area contributed by atoms with Crippen molar-refractivity contribution in [3.05, 3.63) is 72.8 Å². The summed E-state index contributed by atoms with van der Waals surface area (Å²) in [6.45, 7) is 1.28. The molecule has 5 rings (SSSR count). The summed E-state index contributed by atoms with van der Waals surface area (Å²) < 4.78 is 15.6.